The van der Waals surface area contributed by atoms with Crippen LogP contribution in [0.3, 0.4) is 0 Å². The lowest BCUT2D eigenvalue weighted by Crippen LogP contribution is -2.36. The molecule has 29 heavy (non-hydrogen) atoms. The molecule has 2 heterocycles. The molecule has 1 aliphatic heterocycles. The summed E-state index contributed by atoms with van der Waals surface area (Å²) in [7, 11) is 0. The van der Waals surface area contributed by atoms with E-state index in [1.54, 1.807) is 26.0 Å². The second kappa shape index (κ2) is 6.30. The van der Waals surface area contributed by atoms with Crippen molar-refractivity contribution < 1.29 is 14.4 Å². The molecule has 1 aromatic heterocycles. The number of aromatic nitrogens is 1. The minimum Gasteiger partial charge on any atom is -0.358 e. The predicted octanol–water partition coefficient (Wildman–Crippen LogP) is 3.07. The lowest BCUT2D eigenvalue weighted by molar-refractivity contribution is 0.0609. The Labute approximate surface area is 167 Å². The molecule has 6 nitrogen and oxygen atoms in total. The van der Waals surface area contributed by atoms with E-state index in [1.165, 1.54) is 27.6 Å². The van der Waals surface area contributed by atoms with Gasteiger partial charge in [0.25, 0.3) is 17.7 Å². The number of hydrogen-bond acceptors (Lipinski definition) is 3. The number of carbonyl (C=O) groups is 3. The highest BCUT2D eigenvalue weighted by atomic mass is 16.2. The van der Waals surface area contributed by atoms with Crippen LogP contribution in [0.4, 0.5) is 0 Å². The predicted molar refractivity (Wildman–Crippen MR) is 109 cm³/mol. The number of benzene rings is 2. The van der Waals surface area contributed by atoms with Crippen molar-refractivity contribution >= 4 is 28.6 Å². The Morgan fingerprint density at radius 3 is 2.62 bits per heavy atom. The number of nitrogens with zero attached hydrogens (tertiary/aromatic N) is 1. The van der Waals surface area contributed by atoms with E-state index >= 15 is 0 Å². The van der Waals surface area contributed by atoms with Crippen LogP contribution in [0.25, 0.3) is 10.9 Å². The highest BCUT2D eigenvalue weighted by molar-refractivity contribution is 6.22. The first kappa shape index (κ1) is 17.7. The lowest BCUT2D eigenvalue weighted by atomic mass is 10.0. The summed E-state index contributed by atoms with van der Waals surface area (Å²) in [5, 5.41) is 4.28. The van der Waals surface area contributed by atoms with Gasteiger partial charge >= 0.3 is 0 Å². The van der Waals surface area contributed by atoms with E-state index in [0.717, 1.165) is 18.4 Å². The van der Waals surface area contributed by atoms with Crippen LogP contribution >= 0.6 is 0 Å². The van der Waals surface area contributed by atoms with Gasteiger partial charge in [-0.05, 0) is 50.1 Å². The third-order valence-corrected chi connectivity index (χ3v) is 5.83. The molecule has 2 aliphatic rings. The lowest BCUT2D eigenvalue weighted by Gasteiger charge is -2.17. The summed E-state index contributed by atoms with van der Waals surface area (Å²) in [6.45, 7) is 3.60. The molecule has 0 saturated heterocycles. The number of H-pyrrole nitrogens is 1. The first-order valence-electron chi connectivity index (χ1n) is 9.85. The van der Waals surface area contributed by atoms with Crippen LogP contribution < -0.4 is 5.32 Å². The molecule has 0 bridgehead atoms. The first-order valence-corrected chi connectivity index (χ1v) is 9.85. The molecule has 0 fully saturated rings. The summed E-state index contributed by atoms with van der Waals surface area (Å²) in [6, 6.07) is 12.7. The number of imide groups is 1. The number of aromatic amines is 1. The maximum absolute atomic E-state index is 12.8. The Hall–Kier alpha value is -3.41. The first-order chi connectivity index (χ1) is 13.9. The van der Waals surface area contributed by atoms with Crippen LogP contribution in [0.5, 0.6) is 0 Å². The van der Waals surface area contributed by atoms with Crippen molar-refractivity contribution in [1.29, 1.82) is 0 Å². The Kier molecular flexibility index (Phi) is 3.84. The fraction of sp³-hybridized carbons (Fsp3) is 0.261. The van der Waals surface area contributed by atoms with Gasteiger partial charge in [-0.3, -0.25) is 19.3 Å². The van der Waals surface area contributed by atoms with Crippen LogP contribution in [0.1, 0.15) is 56.2 Å². The van der Waals surface area contributed by atoms with Gasteiger partial charge in [0.2, 0.25) is 0 Å². The summed E-state index contributed by atoms with van der Waals surface area (Å²) in [5.41, 5.74) is 4.61. The van der Waals surface area contributed by atoms with Crippen molar-refractivity contribution in [3.8, 4) is 0 Å². The van der Waals surface area contributed by atoms with Gasteiger partial charge in [0.1, 0.15) is 0 Å². The fourth-order valence-corrected chi connectivity index (χ4v) is 4.47. The van der Waals surface area contributed by atoms with Crippen molar-refractivity contribution in [2.24, 2.45) is 0 Å². The highest BCUT2D eigenvalue weighted by Crippen LogP contribution is 2.30. The maximum Gasteiger partial charge on any atom is 0.261 e. The van der Waals surface area contributed by atoms with E-state index in [2.05, 4.69) is 22.4 Å². The van der Waals surface area contributed by atoms with Gasteiger partial charge in [-0.1, -0.05) is 18.2 Å². The standard InChI is InChI=1S/C23H21N3O3/c1-12(2)26-22(28)16-8-7-13(9-18(16)23(26)29)21(27)24-14-10-17-15-5-3-4-6-19(15)25-20(17)11-14/h3-9,12,14,25H,10-11H2,1-2H3,(H,24,27). The third kappa shape index (κ3) is 2.67. The Balaban J connectivity index is 1.35. The third-order valence-electron chi connectivity index (χ3n) is 5.83. The molecule has 0 radical (unpaired) electrons. The molecule has 0 saturated carbocycles. The van der Waals surface area contributed by atoms with Gasteiger partial charge in [-0.2, -0.15) is 0 Å². The molecule has 2 N–H and O–H groups in total. The molecular formula is C23H21N3O3. The van der Waals surface area contributed by atoms with Gasteiger partial charge in [-0.25, -0.2) is 0 Å². The number of fused-ring (bicyclic) bond motifs is 4. The second-order valence-corrected chi connectivity index (χ2v) is 8.04. The summed E-state index contributed by atoms with van der Waals surface area (Å²) in [6.07, 6.45) is 1.52. The Morgan fingerprint density at radius 2 is 1.83 bits per heavy atom. The number of carbonyl (C=O) groups excluding carboxylic acids is 3. The summed E-state index contributed by atoms with van der Waals surface area (Å²) >= 11 is 0. The minimum atomic E-state index is -0.336. The van der Waals surface area contributed by atoms with E-state index < -0.39 is 0 Å². The molecule has 5 rings (SSSR count). The summed E-state index contributed by atoms with van der Waals surface area (Å²) in [4.78, 5) is 42.5. The van der Waals surface area contributed by atoms with Crippen molar-refractivity contribution in [1.82, 2.24) is 15.2 Å². The molecule has 1 unspecified atom stereocenters. The maximum atomic E-state index is 12.8. The van der Waals surface area contributed by atoms with Crippen LogP contribution in [0.15, 0.2) is 42.5 Å². The number of para-hydroxylation sites is 1. The average molecular weight is 387 g/mol. The molecule has 1 aliphatic carbocycles. The summed E-state index contributed by atoms with van der Waals surface area (Å²) in [5.74, 6) is -0.861. The largest absolute Gasteiger partial charge is 0.358 e. The van der Waals surface area contributed by atoms with E-state index in [1.807, 2.05) is 12.1 Å². The van der Waals surface area contributed by atoms with E-state index in [9.17, 15) is 14.4 Å². The van der Waals surface area contributed by atoms with E-state index in [0.29, 0.717) is 16.7 Å². The molecule has 2 aromatic carbocycles. The Morgan fingerprint density at radius 1 is 1.07 bits per heavy atom. The van der Waals surface area contributed by atoms with E-state index in [4.69, 9.17) is 0 Å². The number of nitrogens with one attached hydrogen (secondary N) is 2. The number of hydrogen-bond donors (Lipinski definition) is 2. The smallest absolute Gasteiger partial charge is 0.261 e. The number of rotatable bonds is 3. The quantitative estimate of drug-likeness (QED) is 0.678. The van der Waals surface area contributed by atoms with Crippen molar-refractivity contribution in [3.63, 3.8) is 0 Å². The average Bonchev–Trinajstić information content (AvgIpc) is 3.31. The molecule has 6 heteroatoms. The van der Waals surface area contributed by atoms with Gasteiger partial charge in [0, 0.05) is 40.7 Å². The zero-order valence-corrected chi connectivity index (χ0v) is 16.3. The van der Waals surface area contributed by atoms with Gasteiger partial charge in [0.15, 0.2) is 0 Å². The molecule has 0 spiro atoms. The SMILES string of the molecule is CC(C)N1C(=O)c2ccc(C(=O)NC3Cc4[nH]c5ccccc5c4C3)cc2C1=O. The van der Waals surface area contributed by atoms with Crippen molar-refractivity contribution in [2.75, 3.05) is 0 Å². The van der Waals surface area contributed by atoms with Crippen molar-refractivity contribution in [2.45, 2.75) is 38.8 Å². The molecule has 1 atom stereocenters. The van der Waals surface area contributed by atoms with Gasteiger partial charge in [-0.15, -0.1) is 0 Å². The zero-order valence-electron chi connectivity index (χ0n) is 16.3. The second-order valence-electron chi connectivity index (χ2n) is 8.04. The van der Waals surface area contributed by atoms with Crippen LogP contribution in [-0.4, -0.2) is 39.7 Å². The van der Waals surface area contributed by atoms with Crippen LogP contribution in [0, 0.1) is 0 Å². The fourth-order valence-electron chi connectivity index (χ4n) is 4.47. The molecule has 3 amide bonds. The van der Waals surface area contributed by atoms with Crippen molar-refractivity contribution in [3.05, 3.63) is 70.4 Å². The minimum absolute atomic E-state index is 0.00565. The number of amides is 3. The molecular weight excluding hydrogens is 366 g/mol. The monoisotopic (exact) mass is 387 g/mol. The zero-order chi connectivity index (χ0) is 20.3. The van der Waals surface area contributed by atoms with Gasteiger partial charge < -0.3 is 10.3 Å². The highest BCUT2D eigenvalue weighted by Gasteiger charge is 2.37. The Bertz CT molecular complexity index is 1190. The summed E-state index contributed by atoms with van der Waals surface area (Å²) < 4.78 is 0. The van der Waals surface area contributed by atoms with Crippen LogP contribution in [0.2, 0.25) is 0 Å². The van der Waals surface area contributed by atoms with Crippen LogP contribution in [-0.2, 0) is 12.8 Å². The van der Waals surface area contributed by atoms with Gasteiger partial charge in [0.05, 0.1) is 11.1 Å². The normalized spacial score (nSPS) is 17.9. The van der Waals surface area contributed by atoms with E-state index in [-0.39, 0.29) is 29.8 Å². The topological polar surface area (TPSA) is 82.3 Å². The molecule has 146 valence electrons. The molecule has 3 aromatic rings.